The van der Waals surface area contributed by atoms with E-state index in [1.54, 1.807) is 0 Å². The minimum Gasteiger partial charge on any atom is -0.354 e. The summed E-state index contributed by atoms with van der Waals surface area (Å²) in [6, 6.07) is 0. The number of nitrogens with one attached hydrogen (secondary N) is 2. The molecule has 0 radical (unpaired) electrons. The lowest BCUT2D eigenvalue weighted by Crippen LogP contribution is -2.45. The third-order valence-electron chi connectivity index (χ3n) is 2.90. The molecule has 2 saturated carbocycles. The van der Waals surface area contributed by atoms with Crippen molar-refractivity contribution >= 4 is 11.8 Å². The van der Waals surface area contributed by atoms with Gasteiger partial charge in [0, 0.05) is 19.0 Å². The molecule has 4 N–H and O–H groups in total. The quantitative estimate of drug-likeness (QED) is 0.516. The van der Waals surface area contributed by atoms with Gasteiger partial charge in [-0.2, -0.15) is 0 Å². The van der Waals surface area contributed by atoms with Crippen molar-refractivity contribution < 1.29 is 9.59 Å². The van der Waals surface area contributed by atoms with Crippen molar-refractivity contribution in [1.29, 1.82) is 0 Å². The molecule has 0 aromatic carbocycles. The van der Waals surface area contributed by atoms with E-state index in [4.69, 9.17) is 5.73 Å². The summed E-state index contributed by atoms with van der Waals surface area (Å²) in [4.78, 5) is 22.6. The fourth-order valence-corrected chi connectivity index (χ4v) is 1.39. The van der Waals surface area contributed by atoms with Crippen LogP contribution in [0.5, 0.6) is 0 Å². The van der Waals surface area contributed by atoms with E-state index in [0.29, 0.717) is 13.1 Å². The largest absolute Gasteiger partial charge is 0.354 e. The molecular weight excluding hydrogens is 194 g/mol. The Bertz CT molecular complexity index is 282. The highest BCUT2D eigenvalue weighted by Gasteiger charge is 2.45. The van der Waals surface area contributed by atoms with Gasteiger partial charge in [0.2, 0.25) is 11.8 Å². The Labute approximate surface area is 88.8 Å². The minimum atomic E-state index is -0.611. The first-order valence-corrected chi connectivity index (χ1v) is 5.47. The van der Waals surface area contributed by atoms with Crippen molar-refractivity contribution in [3.05, 3.63) is 0 Å². The van der Waals surface area contributed by atoms with Crippen LogP contribution >= 0.6 is 0 Å². The van der Waals surface area contributed by atoms with Crippen LogP contribution in [0.15, 0.2) is 0 Å². The van der Waals surface area contributed by atoms with Crippen LogP contribution in [0, 0.1) is 5.92 Å². The van der Waals surface area contributed by atoms with Gasteiger partial charge in [0.15, 0.2) is 0 Å². The van der Waals surface area contributed by atoms with Crippen molar-refractivity contribution in [1.82, 2.24) is 10.6 Å². The molecule has 2 aliphatic rings. The Morgan fingerprint density at radius 3 is 2.33 bits per heavy atom. The molecule has 2 rings (SSSR count). The monoisotopic (exact) mass is 211 g/mol. The zero-order chi connectivity index (χ0) is 10.9. The Kier molecular flexibility index (Phi) is 2.65. The van der Waals surface area contributed by atoms with Crippen LogP contribution in [0.25, 0.3) is 0 Å². The lowest BCUT2D eigenvalue weighted by atomic mass is 10.3. The van der Waals surface area contributed by atoms with E-state index in [9.17, 15) is 9.59 Å². The van der Waals surface area contributed by atoms with Gasteiger partial charge < -0.3 is 16.4 Å². The first-order valence-electron chi connectivity index (χ1n) is 5.47. The van der Waals surface area contributed by atoms with Crippen molar-refractivity contribution in [3.63, 3.8) is 0 Å². The summed E-state index contributed by atoms with van der Waals surface area (Å²) in [5.74, 6) is 0.242. The van der Waals surface area contributed by atoms with Crippen molar-refractivity contribution in [2.24, 2.45) is 11.7 Å². The van der Waals surface area contributed by atoms with E-state index in [1.165, 1.54) is 0 Å². The average Bonchev–Trinajstić information content (AvgIpc) is 3.04. The maximum atomic E-state index is 11.4. The normalized spacial score (nSPS) is 21.9. The van der Waals surface area contributed by atoms with Gasteiger partial charge in [-0.3, -0.25) is 9.59 Å². The number of amides is 2. The highest BCUT2D eigenvalue weighted by Crippen LogP contribution is 2.32. The second-order valence-electron chi connectivity index (χ2n) is 4.48. The molecule has 0 atom stereocenters. The maximum absolute atomic E-state index is 11.4. The Balaban J connectivity index is 1.54. The SMILES string of the molecule is NC1(C(=O)NCCNC(=O)C2CC2)CC1. The van der Waals surface area contributed by atoms with Gasteiger partial charge in [0.1, 0.15) is 0 Å². The van der Waals surface area contributed by atoms with Crippen molar-refractivity contribution in [2.75, 3.05) is 13.1 Å². The molecule has 0 aromatic rings. The molecule has 0 saturated heterocycles. The molecule has 2 fully saturated rings. The molecule has 0 aromatic heterocycles. The zero-order valence-electron chi connectivity index (χ0n) is 8.71. The highest BCUT2D eigenvalue weighted by atomic mass is 16.2. The average molecular weight is 211 g/mol. The summed E-state index contributed by atoms with van der Waals surface area (Å²) in [5, 5.41) is 5.50. The summed E-state index contributed by atoms with van der Waals surface area (Å²) in [7, 11) is 0. The van der Waals surface area contributed by atoms with E-state index in [1.807, 2.05) is 0 Å². The summed E-state index contributed by atoms with van der Waals surface area (Å²) in [6.07, 6.45) is 3.55. The third kappa shape index (κ3) is 2.68. The number of carbonyl (C=O) groups is 2. The van der Waals surface area contributed by atoms with Crippen molar-refractivity contribution in [2.45, 2.75) is 31.2 Å². The molecule has 15 heavy (non-hydrogen) atoms. The molecule has 2 amide bonds. The second kappa shape index (κ2) is 3.81. The van der Waals surface area contributed by atoms with Gasteiger partial charge in [0.05, 0.1) is 5.54 Å². The molecule has 2 aliphatic carbocycles. The molecule has 0 heterocycles. The number of carbonyl (C=O) groups excluding carboxylic acids is 2. The highest BCUT2D eigenvalue weighted by molar-refractivity contribution is 5.89. The van der Waals surface area contributed by atoms with Gasteiger partial charge in [0.25, 0.3) is 0 Å². The van der Waals surface area contributed by atoms with E-state index in [-0.39, 0.29) is 17.7 Å². The number of rotatable bonds is 5. The van der Waals surface area contributed by atoms with Gasteiger partial charge in [-0.05, 0) is 25.7 Å². The van der Waals surface area contributed by atoms with Gasteiger partial charge in [-0.25, -0.2) is 0 Å². The fourth-order valence-electron chi connectivity index (χ4n) is 1.39. The van der Waals surface area contributed by atoms with Crippen LogP contribution in [0.4, 0.5) is 0 Å². The summed E-state index contributed by atoms with van der Waals surface area (Å²) in [5.41, 5.74) is 5.08. The minimum absolute atomic E-state index is 0.0943. The van der Waals surface area contributed by atoms with Gasteiger partial charge in [-0.15, -0.1) is 0 Å². The lowest BCUT2D eigenvalue weighted by Gasteiger charge is -2.10. The van der Waals surface area contributed by atoms with E-state index in [2.05, 4.69) is 10.6 Å². The first-order chi connectivity index (χ1) is 7.12. The Morgan fingerprint density at radius 2 is 1.80 bits per heavy atom. The van der Waals surface area contributed by atoms with E-state index < -0.39 is 5.54 Å². The van der Waals surface area contributed by atoms with E-state index >= 15 is 0 Å². The predicted octanol–water partition coefficient (Wildman–Crippen LogP) is -0.880. The van der Waals surface area contributed by atoms with Gasteiger partial charge >= 0.3 is 0 Å². The third-order valence-corrected chi connectivity index (χ3v) is 2.90. The molecular formula is C10H17N3O2. The molecule has 0 aliphatic heterocycles. The number of hydrogen-bond donors (Lipinski definition) is 3. The molecule has 0 bridgehead atoms. The van der Waals surface area contributed by atoms with Crippen LogP contribution in [0.1, 0.15) is 25.7 Å². The molecule has 0 spiro atoms. The molecule has 0 unspecified atom stereocenters. The van der Waals surface area contributed by atoms with Crippen LogP contribution in [-0.2, 0) is 9.59 Å². The number of hydrogen-bond acceptors (Lipinski definition) is 3. The second-order valence-corrected chi connectivity index (χ2v) is 4.48. The zero-order valence-corrected chi connectivity index (χ0v) is 8.71. The summed E-state index contributed by atoms with van der Waals surface area (Å²) < 4.78 is 0. The van der Waals surface area contributed by atoms with Crippen molar-refractivity contribution in [3.8, 4) is 0 Å². The van der Waals surface area contributed by atoms with E-state index in [0.717, 1.165) is 25.7 Å². The van der Waals surface area contributed by atoms with Crippen LogP contribution in [0.2, 0.25) is 0 Å². The standard InChI is InChI=1S/C10H17N3O2/c11-10(3-4-10)9(15)13-6-5-12-8(14)7-1-2-7/h7H,1-6,11H2,(H,12,14)(H,13,15). The fraction of sp³-hybridized carbons (Fsp3) is 0.800. The summed E-state index contributed by atoms with van der Waals surface area (Å²) in [6.45, 7) is 0.966. The van der Waals surface area contributed by atoms with Crippen LogP contribution in [0.3, 0.4) is 0 Å². The van der Waals surface area contributed by atoms with Crippen LogP contribution in [-0.4, -0.2) is 30.4 Å². The number of nitrogens with two attached hydrogens (primary N) is 1. The Morgan fingerprint density at radius 1 is 1.20 bits per heavy atom. The topological polar surface area (TPSA) is 84.2 Å². The first kappa shape index (κ1) is 10.4. The predicted molar refractivity (Wildman–Crippen MR) is 54.9 cm³/mol. The molecule has 5 heteroatoms. The maximum Gasteiger partial charge on any atom is 0.240 e. The lowest BCUT2D eigenvalue weighted by molar-refractivity contribution is -0.124. The summed E-state index contributed by atoms with van der Waals surface area (Å²) >= 11 is 0. The smallest absolute Gasteiger partial charge is 0.240 e. The van der Waals surface area contributed by atoms with Gasteiger partial charge in [-0.1, -0.05) is 0 Å². The molecule has 5 nitrogen and oxygen atoms in total. The molecule has 84 valence electrons. The Hall–Kier alpha value is -1.10. The van der Waals surface area contributed by atoms with Crippen LogP contribution < -0.4 is 16.4 Å².